The molecule has 41 heavy (non-hydrogen) atoms. The second-order valence-electron chi connectivity index (χ2n) is 10.3. The van der Waals surface area contributed by atoms with E-state index in [2.05, 4.69) is 4.74 Å². The molecule has 0 fully saturated rings. The summed E-state index contributed by atoms with van der Waals surface area (Å²) in [6, 6.07) is 5.75. The van der Waals surface area contributed by atoms with Crippen LogP contribution in [0.2, 0.25) is 0 Å². The number of benzene rings is 2. The van der Waals surface area contributed by atoms with Crippen molar-refractivity contribution in [3.8, 4) is 5.75 Å². The molecule has 226 valence electrons. The molecule has 0 saturated heterocycles. The van der Waals surface area contributed by atoms with Gasteiger partial charge in [-0.1, -0.05) is 12.1 Å². The highest BCUT2D eigenvalue weighted by Gasteiger charge is 2.37. The number of hydrogen-bond donors (Lipinski definition) is 0. The lowest BCUT2D eigenvalue weighted by Crippen LogP contribution is -2.43. The molecule has 2 aromatic rings. The fraction of sp³-hybridized carbons (Fsp3) is 0.464. The van der Waals surface area contributed by atoms with Crippen LogP contribution in [-0.2, 0) is 42.8 Å². The Balaban J connectivity index is 2.31. The molecule has 2 atom stereocenters. The highest BCUT2D eigenvalue weighted by molar-refractivity contribution is 5.91. The van der Waals surface area contributed by atoms with E-state index in [1.54, 1.807) is 20.8 Å². The van der Waals surface area contributed by atoms with Crippen LogP contribution in [0.25, 0.3) is 0 Å². The Morgan fingerprint density at radius 2 is 1.39 bits per heavy atom. The first-order chi connectivity index (χ1) is 18.7. The average molecular weight is 592 g/mol. The number of alkyl halides is 6. The number of rotatable bonds is 9. The fourth-order valence-corrected chi connectivity index (χ4v) is 3.73. The molecular weight excluding hydrogens is 560 g/mol. The second-order valence-corrected chi connectivity index (χ2v) is 10.3. The average Bonchev–Trinajstić information content (AvgIpc) is 2.87. The van der Waals surface area contributed by atoms with Crippen LogP contribution >= 0.6 is 0 Å². The number of nitrogens with zero attached hydrogens (tertiary/aromatic N) is 1. The Labute approximate surface area is 233 Å². The minimum Gasteiger partial charge on any atom is -0.489 e. The number of amides is 1. The number of carbonyl (C=O) groups is 3. The summed E-state index contributed by atoms with van der Waals surface area (Å²) < 4.78 is 94.3. The smallest absolute Gasteiger partial charge is 0.416 e. The second kappa shape index (κ2) is 12.8. The van der Waals surface area contributed by atoms with E-state index >= 15 is 0 Å². The molecule has 0 unspecified atom stereocenters. The highest BCUT2D eigenvalue weighted by Crippen LogP contribution is 2.36. The molecule has 0 aromatic heterocycles. The third-order valence-electron chi connectivity index (χ3n) is 5.90. The van der Waals surface area contributed by atoms with Gasteiger partial charge in [0, 0.05) is 7.05 Å². The maximum atomic E-state index is 13.3. The molecule has 0 saturated carbocycles. The van der Waals surface area contributed by atoms with Crippen molar-refractivity contribution in [1.29, 1.82) is 0 Å². The van der Waals surface area contributed by atoms with Crippen LogP contribution < -0.4 is 4.74 Å². The van der Waals surface area contributed by atoms with E-state index in [0.29, 0.717) is 17.7 Å². The van der Waals surface area contributed by atoms with Crippen molar-refractivity contribution in [3.05, 3.63) is 64.7 Å². The molecule has 1 amide bonds. The lowest BCUT2D eigenvalue weighted by molar-refractivity contribution is -0.158. The molecule has 0 heterocycles. The highest BCUT2D eigenvalue weighted by atomic mass is 19.4. The van der Waals surface area contributed by atoms with Gasteiger partial charge in [0.05, 0.1) is 30.6 Å². The number of carbonyl (C=O) groups excluding carboxylic acids is 3. The number of ether oxygens (including phenoxy) is 3. The summed E-state index contributed by atoms with van der Waals surface area (Å²) in [5.74, 6) is -2.96. The first kappa shape index (κ1) is 33.4. The van der Waals surface area contributed by atoms with Crippen molar-refractivity contribution in [2.75, 3.05) is 14.2 Å². The van der Waals surface area contributed by atoms with E-state index in [4.69, 9.17) is 9.47 Å². The summed E-state index contributed by atoms with van der Waals surface area (Å²) in [4.78, 5) is 39.0. The summed E-state index contributed by atoms with van der Waals surface area (Å²) in [7, 11) is 2.53. The third kappa shape index (κ3) is 9.68. The van der Waals surface area contributed by atoms with E-state index in [0.717, 1.165) is 12.0 Å². The number of methoxy groups -OCH3 is 1. The molecule has 0 spiro atoms. The van der Waals surface area contributed by atoms with Gasteiger partial charge in [0.2, 0.25) is 5.91 Å². The first-order valence-corrected chi connectivity index (χ1v) is 12.3. The van der Waals surface area contributed by atoms with E-state index < -0.39 is 65.5 Å². The molecule has 0 aliphatic rings. The predicted octanol–water partition coefficient (Wildman–Crippen LogP) is 6.14. The fourth-order valence-electron chi connectivity index (χ4n) is 3.73. The topological polar surface area (TPSA) is 82.1 Å². The third-order valence-corrected chi connectivity index (χ3v) is 5.90. The zero-order valence-electron chi connectivity index (χ0n) is 23.3. The van der Waals surface area contributed by atoms with Crippen LogP contribution in [0.3, 0.4) is 0 Å². The van der Waals surface area contributed by atoms with Gasteiger partial charge in [-0.2, -0.15) is 26.3 Å². The van der Waals surface area contributed by atoms with Crippen molar-refractivity contribution in [2.24, 2.45) is 0 Å². The van der Waals surface area contributed by atoms with Gasteiger partial charge in [-0.15, -0.1) is 0 Å². The number of hydrogen-bond acceptors (Lipinski definition) is 6. The Morgan fingerprint density at radius 3 is 1.83 bits per heavy atom. The Hall–Kier alpha value is -3.77. The van der Waals surface area contributed by atoms with Gasteiger partial charge >= 0.3 is 24.3 Å². The maximum Gasteiger partial charge on any atom is 0.416 e. The van der Waals surface area contributed by atoms with Crippen molar-refractivity contribution < 1.29 is 54.9 Å². The maximum absolute atomic E-state index is 13.3. The molecule has 7 nitrogen and oxygen atoms in total. The standard InChI is InChI=1S/C28H31F6NO6/c1-16(25(38)39-6)35(5)24(37)22(14-23(36)41-26(2,3)4)18-7-9-21(10-8-18)40-15-17-11-19(27(29,30)31)13-20(12-17)28(32,33)34/h7-13,16,22H,14-15H2,1-6H3/t16-,22+/m0/s1. The first-order valence-electron chi connectivity index (χ1n) is 12.3. The van der Waals surface area contributed by atoms with Crippen molar-refractivity contribution in [1.82, 2.24) is 4.90 Å². The monoisotopic (exact) mass is 591 g/mol. The number of likely N-dealkylation sites (N-methyl/N-ethyl adjacent to an activating group) is 1. The Morgan fingerprint density at radius 1 is 0.878 bits per heavy atom. The normalized spacial score (nSPS) is 13.7. The summed E-state index contributed by atoms with van der Waals surface area (Å²) >= 11 is 0. The molecule has 2 rings (SSSR count). The van der Waals surface area contributed by atoms with Crippen molar-refractivity contribution in [3.63, 3.8) is 0 Å². The van der Waals surface area contributed by atoms with E-state index in [9.17, 15) is 40.7 Å². The van der Waals surface area contributed by atoms with Crippen LogP contribution in [0.1, 0.15) is 62.3 Å². The Bertz CT molecular complexity index is 1200. The van der Waals surface area contributed by atoms with Crippen LogP contribution in [0.4, 0.5) is 26.3 Å². The lowest BCUT2D eigenvalue weighted by Gasteiger charge is -2.28. The van der Waals surface area contributed by atoms with Crippen LogP contribution in [0.15, 0.2) is 42.5 Å². The van der Waals surface area contributed by atoms with Crippen LogP contribution in [0, 0.1) is 0 Å². The summed E-state index contributed by atoms with van der Waals surface area (Å²) in [5.41, 5.74) is -3.78. The summed E-state index contributed by atoms with van der Waals surface area (Å²) in [5, 5.41) is 0. The minimum atomic E-state index is -4.99. The summed E-state index contributed by atoms with van der Waals surface area (Å²) in [6.45, 7) is 5.80. The van der Waals surface area contributed by atoms with Crippen LogP contribution in [-0.4, -0.2) is 48.5 Å². The van der Waals surface area contributed by atoms with Gasteiger partial charge in [-0.25, -0.2) is 4.79 Å². The van der Waals surface area contributed by atoms with Gasteiger partial charge in [-0.05, 0) is 69.2 Å². The minimum absolute atomic E-state index is 0.0260. The van der Waals surface area contributed by atoms with E-state index in [1.807, 2.05) is 0 Å². The molecule has 0 aliphatic heterocycles. The predicted molar refractivity (Wildman–Crippen MR) is 135 cm³/mol. The van der Waals surface area contributed by atoms with Crippen LogP contribution in [0.5, 0.6) is 5.75 Å². The van der Waals surface area contributed by atoms with E-state index in [1.165, 1.54) is 38.2 Å². The van der Waals surface area contributed by atoms with E-state index in [-0.39, 0.29) is 23.8 Å². The van der Waals surface area contributed by atoms with Gasteiger partial charge < -0.3 is 19.1 Å². The summed E-state index contributed by atoms with van der Waals surface area (Å²) in [6.07, 6.45) is -10.4. The number of esters is 2. The quantitative estimate of drug-likeness (QED) is 0.258. The zero-order chi connectivity index (χ0) is 31.3. The molecule has 0 radical (unpaired) electrons. The molecule has 0 N–H and O–H groups in total. The zero-order valence-corrected chi connectivity index (χ0v) is 23.3. The van der Waals surface area contributed by atoms with Crippen molar-refractivity contribution in [2.45, 2.75) is 70.6 Å². The van der Waals surface area contributed by atoms with Gasteiger partial charge in [0.25, 0.3) is 0 Å². The molecule has 13 heteroatoms. The lowest BCUT2D eigenvalue weighted by atomic mass is 9.93. The Kier molecular flexibility index (Phi) is 10.5. The van der Waals surface area contributed by atoms with Gasteiger partial charge in [0.1, 0.15) is 24.0 Å². The van der Waals surface area contributed by atoms with Gasteiger partial charge in [-0.3, -0.25) is 9.59 Å². The SMILES string of the molecule is COC(=O)[C@H](C)N(C)C(=O)[C@H](CC(=O)OC(C)(C)C)c1ccc(OCc2cc(C(F)(F)F)cc(C(F)(F)F)c2)cc1. The molecule has 2 aromatic carbocycles. The molecular formula is C28H31F6NO6. The van der Waals surface area contributed by atoms with Gasteiger partial charge in [0.15, 0.2) is 0 Å². The molecule has 0 aliphatic carbocycles. The largest absolute Gasteiger partial charge is 0.489 e. The number of halogens is 6. The molecule has 0 bridgehead atoms. The van der Waals surface area contributed by atoms with Crippen molar-refractivity contribution >= 4 is 17.8 Å².